The molecule has 3 rings (SSSR count). The molecular formula is C16H16S. The summed E-state index contributed by atoms with van der Waals surface area (Å²) in [6.45, 7) is 8.80. The van der Waals surface area contributed by atoms with Gasteiger partial charge < -0.3 is 0 Å². The highest BCUT2D eigenvalue weighted by molar-refractivity contribution is 7.26. The van der Waals surface area contributed by atoms with E-state index >= 15 is 0 Å². The molecule has 17 heavy (non-hydrogen) atoms. The van der Waals surface area contributed by atoms with E-state index in [4.69, 9.17) is 0 Å². The topological polar surface area (TPSA) is 0 Å². The lowest BCUT2D eigenvalue weighted by Gasteiger charge is -2.01. The molecule has 0 fully saturated rings. The minimum absolute atomic E-state index is 1.38. The average Bonchev–Trinajstić information content (AvgIpc) is 2.63. The Morgan fingerprint density at radius 1 is 0.765 bits per heavy atom. The molecule has 0 aliphatic rings. The summed E-state index contributed by atoms with van der Waals surface area (Å²) in [6, 6.07) is 9.16. The molecule has 0 spiro atoms. The summed E-state index contributed by atoms with van der Waals surface area (Å²) in [4.78, 5) is 0. The van der Waals surface area contributed by atoms with Crippen LogP contribution in [0.5, 0.6) is 0 Å². The summed E-state index contributed by atoms with van der Waals surface area (Å²) < 4.78 is 2.86. The molecule has 0 nitrogen and oxygen atoms in total. The van der Waals surface area contributed by atoms with Crippen molar-refractivity contribution in [2.45, 2.75) is 27.7 Å². The predicted octanol–water partition coefficient (Wildman–Crippen LogP) is 5.29. The second kappa shape index (κ2) is 3.58. The van der Waals surface area contributed by atoms with E-state index in [1.807, 2.05) is 11.3 Å². The minimum Gasteiger partial charge on any atom is -0.135 e. The summed E-state index contributed by atoms with van der Waals surface area (Å²) in [7, 11) is 0. The molecule has 1 heteroatoms. The van der Waals surface area contributed by atoms with Gasteiger partial charge in [0.25, 0.3) is 0 Å². The lowest BCUT2D eigenvalue weighted by molar-refractivity contribution is 1.37. The first-order valence-electron chi connectivity index (χ1n) is 5.97. The van der Waals surface area contributed by atoms with E-state index < -0.39 is 0 Å². The Morgan fingerprint density at radius 2 is 1.47 bits per heavy atom. The Hall–Kier alpha value is -1.34. The van der Waals surface area contributed by atoms with Crippen LogP contribution in [0.2, 0.25) is 0 Å². The number of fused-ring (bicyclic) bond motifs is 3. The Bertz CT molecular complexity index is 732. The van der Waals surface area contributed by atoms with Crippen LogP contribution in [0.25, 0.3) is 20.2 Å². The van der Waals surface area contributed by atoms with Crippen molar-refractivity contribution in [3.05, 3.63) is 46.5 Å². The maximum absolute atomic E-state index is 2.33. The normalized spacial score (nSPS) is 11.5. The van der Waals surface area contributed by atoms with Gasteiger partial charge in [-0.25, -0.2) is 0 Å². The molecule has 86 valence electrons. The van der Waals surface area contributed by atoms with Gasteiger partial charge in [0.05, 0.1) is 0 Å². The predicted molar refractivity (Wildman–Crippen MR) is 78.3 cm³/mol. The van der Waals surface area contributed by atoms with Crippen LogP contribution in [-0.4, -0.2) is 0 Å². The van der Waals surface area contributed by atoms with Crippen LogP contribution in [0.15, 0.2) is 24.3 Å². The van der Waals surface area contributed by atoms with Crippen LogP contribution >= 0.6 is 11.3 Å². The smallest absolute Gasteiger partial charge is 0.0387 e. The van der Waals surface area contributed by atoms with Crippen LogP contribution in [-0.2, 0) is 0 Å². The number of hydrogen-bond donors (Lipinski definition) is 0. The number of hydrogen-bond acceptors (Lipinski definition) is 1. The number of rotatable bonds is 0. The highest BCUT2D eigenvalue weighted by atomic mass is 32.1. The summed E-state index contributed by atoms with van der Waals surface area (Å²) in [5.74, 6) is 0. The van der Waals surface area contributed by atoms with E-state index in [0.29, 0.717) is 0 Å². The van der Waals surface area contributed by atoms with E-state index in [0.717, 1.165) is 0 Å². The van der Waals surface area contributed by atoms with Crippen molar-refractivity contribution in [3.63, 3.8) is 0 Å². The molecule has 0 saturated carbocycles. The zero-order valence-electron chi connectivity index (χ0n) is 10.7. The summed E-state index contributed by atoms with van der Waals surface area (Å²) >= 11 is 1.93. The fraction of sp³-hybridized carbons (Fsp3) is 0.250. The minimum atomic E-state index is 1.38. The summed E-state index contributed by atoms with van der Waals surface area (Å²) in [6.07, 6.45) is 0. The zero-order valence-corrected chi connectivity index (χ0v) is 11.5. The molecule has 0 unspecified atom stereocenters. The largest absolute Gasteiger partial charge is 0.135 e. The van der Waals surface area contributed by atoms with Gasteiger partial charge in [0.2, 0.25) is 0 Å². The third kappa shape index (κ3) is 1.49. The first kappa shape index (κ1) is 10.8. The van der Waals surface area contributed by atoms with E-state index in [-0.39, 0.29) is 0 Å². The first-order chi connectivity index (χ1) is 8.08. The van der Waals surface area contributed by atoms with Crippen molar-refractivity contribution in [1.29, 1.82) is 0 Å². The lowest BCUT2D eigenvalue weighted by Crippen LogP contribution is -1.80. The lowest BCUT2D eigenvalue weighted by atomic mass is 10.0. The van der Waals surface area contributed by atoms with Gasteiger partial charge in [-0.05, 0) is 62.1 Å². The van der Waals surface area contributed by atoms with Gasteiger partial charge >= 0.3 is 0 Å². The number of aryl methyl sites for hydroxylation is 4. The van der Waals surface area contributed by atoms with Crippen molar-refractivity contribution in [2.24, 2.45) is 0 Å². The highest BCUT2D eigenvalue weighted by Gasteiger charge is 2.09. The molecule has 1 aromatic heterocycles. The molecule has 0 atom stereocenters. The highest BCUT2D eigenvalue weighted by Crippen LogP contribution is 2.37. The zero-order chi connectivity index (χ0) is 12.2. The molecular weight excluding hydrogens is 224 g/mol. The third-order valence-electron chi connectivity index (χ3n) is 3.77. The van der Waals surface area contributed by atoms with Crippen LogP contribution in [0.1, 0.15) is 22.3 Å². The van der Waals surface area contributed by atoms with Gasteiger partial charge in [0, 0.05) is 20.2 Å². The Labute approximate surface area is 106 Å². The third-order valence-corrected chi connectivity index (χ3v) is 5.06. The van der Waals surface area contributed by atoms with Gasteiger partial charge in [-0.1, -0.05) is 12.1 Å². The fourth-order valence-corrected chi connectivity index (χ4v) is 3.66. The van der Waals surface area contributed by atoms with Crippen molar-refractivity contribution in [3.8, 4) is 0 Å². The van der Waals surface area contributed by atoms with Crippen LogP contribution in [0.4, 0.5) is 0 Å². The van der Waals surface area contributed by atoms with Crippen LogP contribution < -0.4 is 0 Å². The first-order valence-corrected chi connectivity index (χ1v) is 6.79. The Morgan fingerprint density at radius 3 is 2.24 bits per heavy atom. The van der Waals surface area contributed by atoms with Crippen molar-refractivity contribution in [2.75, 3.05) is 0 Å². The van der Waals surface area contributed by atoms with Crippen molar-refractivity contribution in [1.82, 2.24) is 0 Å². The van der Waals surface area contributed by atoms with Crippen molar-refractivity contribution < 1.29 is 0 Å². The Kier molecular flexibility index (Phi) is 2.27. The average molecular weight is 240 g/mol. The van der Waals surface area contributed by atoms with Gasteiger partial charge in [-0.2, -0.15) is 0 Å². The van der Waals surface area contributed by atoms with E-state index in [2.05, 4.69) is 52.0 Å². The maximum atomic E-state index is 2.33. The van der Waals surface area contributed by atoms with Gasteiger partial charge in [-0.3, -0.25) is 0 Å². The summed E-state index contributed by atoms with van der Waals surface area (Å²) in [5, 5.41) is 2.83. The van der Waals surface area contributed by atoms with E-state index in [9.17, 15) is 0 Å². The molecule has 3 aromatic rings. The molecule has 0 bridgehead atoms. The number of thiophene rings is 1. The number of benzene rings is 2. The molecule has 0 amide bonds. The molecule has 2 aromatic carbocycles. The van der Waals surface area contributed by atoms with Gasteiger partial charge in [-0.15, -0.1) is 11.3 Å². The fourth-order valence-electron chi connectivity index (χ4n) is 2.33. The molecule has 0 saturated heterocycles. The van der Waals surface area contributed by atoms with Gasteiger partial charge in [0.1, 0.15) is 0 Å². The van der Waals surface area contributed by atoms with Crippen molar-refractivity contribution >= 4 is 31.5 Å². The Balaban J connectivity index is 2.54. The summed E-state index contributed by atoms with van der Waals surface area (Å²) in [5.41, 5.74) is 5.59. The van der Waals surface area contributed by atoms with E-state index in [1.54, 1.807) is 0 Å². The monoisotopic (exact) mass is 240 g/mol. The molecule has 0 radical (unpaired) electrons. The molecule has 0 aliphatic carbocycles. The second-order valence-corrected chi connectivity index (χ2v) is 5.97. The maximum Gasteiger partial charge on any atom is 0.0387 e. The van der Waals surface area contributed by atoms with Crippen LogP contribution in [0.3, 0.4) is 0 Å². The molecule has 0 aliphatic heterocycles. The quantitative estimate of drug-likeness (QED) is 0.501. The van der Waals surface area contributed by atoms with Crippen LogP contribution in [0, 0.1) is 27.7 Å². The standard InChI is InChI=1S/C16H16S/c1-9-5-6-13-14-7-10(2)11(3)8-15(14)17-16(13)12(9)4/h5-8H,1-4H3. The second-order valence-electron chi connectivity index (χ2n) is 4.92. The van der Waals surface area contributed by atoms with Gasteiger partial charge in [0.15, 0.2) is 0 Å². The molecule has 0 N–H and O–H groups in total. The SMILES string of the molecule is Cc1cc2sc3c(C)c(C)ccc3c2cc1C. The van der Waals surface area contributed by atoms with E-state index in [1.165, 1.54) is 42.4 Å². The molecule has 1 heterocycles.